The minimum atomic E-state index is -1.81. The Morgan fingerprint density at radius 3 is 2.34 bits per heavy atom. The van der Waals surface area contributed by atoms with E-state index in [1.165, 1.54) is 0 Å². The Morgan fingerprint density at radius 2 is 1.72 bits per heavy atom. The van der Waals surface area contributed by atoms with Crippen molar-refractivity contribution in [1.29, 1.82) is 0 Å². The topological polar surface area (TPSA) is 71.1 Å². The SMILES string of the molecule is CCOC(=O)C1(C(=O)OCC)CC2=CC(C)C=C(OCc3ccccc3)C=C2O1. The quantitative estimate of drug-likeness (QED) is 0.513. The van der Waals surface area contributed by atoms with Gasteiger partial charge in [0, 0.05) is 12.5 Å². The zero-order valence-electron chi connectivity index (χ0n) is 17.0. The highest BCUT2D eigenvalue weighted by molar-refractivity contribution is 6.05. The fourth-order valence-electron chi connectivity index (χ4n) is 3.35. The number of hydrogen-bond acceptors (Lipinski definition) is 6. The van der Waals surface area contributed by atoms with Crippen LogP contribution in [0, 0.1) is 5.92 Å². The average Bonchev–Trinajstić information content (AvgIpc) is 2.99. The lowest BCUT2D eigenvalue weighted by molar-refractivity contribution is -0.181. The van der Waals surface area contributed by atoms with E-state index in [0.717, 1.165) is 11.1 Å². The first-order valence-corrected chi connectivity index (χ1v) is 9.83. The Hall–Kier alpha value is -3.02. The number of allylic oxidation sites excluding steroid dienone is 4. The van der Waals surface area contributed by atoms with Gasteiger partial charge in [0.25, 0.3) is 0 Å². The predicted molar refractivity (Wildman–Crippen MR) is 106 cm³/mol. The van der Waals surface area contributed by atoms with Gasteiger partial charge >= 0.3 is 17.5 Å². The minimum absolute atomic E-state index is 0.0355. The summed E-state index contributed by atoms with van der Waals surface area (Å²) in [6, 6.07) is 9.82. The van der Waals surface area contributed by atoms with Crippen LogP contribution in [-0.4, -0.2) is 30.8 Å². The third-order valence-electron chi connectivity index (χ3n) is 4.66. The molecule has 6 heteroatoms. The second kappa shape index (κ2) is 8.99. The molecule has 0 spiro atoms. The van der Waals surface area contributed by atoms with E-state index in [-0.39, 0.29) is 25.6 Å². The van der Waals surface area contributed by atoms with Crippen LogP contribution in [0.2, 0.25) is 0 Å². The van der Waals surface area contributed by atoms with Crippen molar-refractivity contribution < 1.29 is 28.5 Å². The number of rotatable bonds is 7. The highest BCUT2D eigenvalue weighted by Crippen LogP contribution is 2.42. The van der Waals surface area contributed by atoms with Crippen LogP contribution in [0.25, 0.3) is 0 Å². The highest BCUT2D eigenvalue weighted by Gasteiger charge is 2.57. The lowest BCUT2D eigenvalue weighted by Gasteiger charge is -2.23. The molecule has 0 saturated carbocycles. The highest BCUT2D eigenvalue weighted by atomic mass is 16.6. The van der Waals surface area contributed by atoms with Crippen molar-refractivity contribution in [2.75, 3.05) is 13.2 Å². The van der Waals surface area contributed by atoms with E-state index in [4.69, 9.17) is 18.9 Å². The first kappa shape index (κ1) is 20.7. The van der Waals surface area contributed by atoms with Crippen molar-refractivity contribution in [3.63, 3.8) is 0 Å². The number of esters is 2. The van der Waals surface area contributed by atoms with Gasteiger partial charge in [-0.3, -0.25) is 0 Å². The molecule has 0 radical (unpaired) electrons. The van der Waals surface area contributed by atoms with Crippen molar-refractivity contribution >= 4 is 11.9 Å². The molecule has 1 fully saturated rings. The Labute approximate surface area is 170 Å². The molecular weight excluding hydrogens is 372 g/mol. The summed E-state index contributed by atoms with van der Waals surface area (Å²) in [5.74, 6) is -0.400. The molecule has 3 rings (SSSR count). The summed E-state index contributed by atoms with van der Waals surface area (Å²) in [6.45, 7) is 6.06. The molecular formula is C23H26O6. The van der Waals surface area contributed by atoms with Gasteiger partial charge in [0.2, 0.25) is 0 Å². The average molecular weight is 398 g/mol. The van der Waals surface area contributed by atoms with Gasteiger partial charge in [0.05, 0.1) is 13.2 Å². The van der Waals surface area contributed by atoms with Crippen LogP contribution in [0.15, 0.2) is 65.7 Å². The van der Waals surface area contributed by atoms with Gasteiger partial charge in [0.15, 0.2) is 0 Å². The van der Waals surface area contributed by atoms with Crippen molar-refractivity contribution in [3.8, 4) is 0 Å². The van der Waals surface area contributed by atoms with Crippen LogP contribution < -0.4 is 0 Å². The molecule has 1 aliphatic carbocycles. The Morgan fingerprint density at radius 1 is 1.07 bits per heavy atom. The molecule has 1 aromatic carbocycles. The third-order valence-corrected chi connectivity index (χ3v) is 4.66. The second-order valence-electron chi connectivity index (χ2n) is 6.95. The molecule has 1 aliphatic heterocycles. The molecule has 1 saturated heterocycles. The summed E-state index contributed by atoms with van der Waals surface area (Å²) >= 11 is 0. The van der Waals surface area contributed by atoms with Gasteiger partial charge in [-0.25, -0.2) is 9.59 Å². The molecule has 0 N–H and O–H groups in total. The molecule has 1 heterocycles. The largest absolute Gasteiger partial charge is 0.489 e. The number of carbonyl (C=O) groups excluding carboxylic acids is 2. The van der Waals surface area contributed by atoms with E-state index in [2.05, 4.69) is 0 Å². The molecule has 154 valence electrons. The minimum Gasteiger partial charge on any atom is -0.489 e. The van der Waals surface area contributed by atoms with Gasteiger partial charge < -0.3 is 18.9 Å². The summed E-state index contributed by atoms with van der Waals surface area (Å²) in [6.07, 6.45) is 5.73. The molecule has 2 aliphatic rings. The van der Waals surface area contributed by atoms with Gasteiger partial charge in [-0.05, 0) is 37.0 Å². The fraction of sp³-hybridized carbons (Fsp3) is 0.391. The second-order valence-corrected chi connectivity index (χ2v) is 6.95. The van der Waals surface area contributed by atoms with Crippen LogP contribution in [0.5, 0.6) is 0 Å². The number of carbonyl (C=O) groups is 2. The summed E-state index contributed by atoms with van der Waals surface area (Å²) in [7, 11) is 0. The molecule has 6 nitrogen and oxygen atoms in total. The maximum atomic E-state index is 12.6. The van der Waals surface area contributed by atoms with Crippen LogP contribution in [0.4, 0.5) is 0 Å². The van der Waals surface area contributed by atoms with E-state index >= 15 is 0 Å². The molecule has 0 amide bonds. The molecule has 0 aromatic heterocycles. The van der Waals surface area contributed by atoms with Crippen molar-refractivity contribution in [1.82, 2.24) is 0 Å². The first-order chi connectivity index (χ1) is 14.0. The first-order valence-electron chi connectivity index (χ1n) is 9.83. The van der Waals surface area contributed by atoms with Gasteiger partial charge in [-0.15, -0.1) is 0 Å². The Kier molecular flexibility index (Phi) is 6.42. The molecule has 1 aromatic rings. The summed E-state index contributed by atoms with van der Waals surface area (Å²) in [5, 5.41) is 0. The molecule has 1 unspecified atom stereocenters. The molecule has 1 atom stereocenters. The van der Waals surface area contributed by atoms with Gasteiger partial charge in [-0.1, -0.05) is 43.3 Å². The molecule has 29 heavy (non-hydrogen) atoms. The fourth-order valence-corrected chi connectivity index (χ4v) is 3.35. The smallest absolute Gasteiger partial charge is 0.362 e. The zero-order valence-corrected chi connectivity index (χ0v) is 17.0. The maximum Gasteiger partial charge on any atom is 0.362 e. The summed E-state index contributed by atoms with van der Waals surface area (Å²) < 4.78 is 22.1. The summed E-state index contributed by atoms with van der Waals surface area (Å²) in [4.78, 5) is 25.3. The van der Waals surface area contributed by atoms with Crippen LogP contribution in [0.3, 0.4) is 0 Å². The standard InChI is InChI=1S/C23H26O6/c1-4-26-21(24)23(22(25)27-5-2)14-18-11-16(3)12-19(13-20(18)29-23)28-15-17-9-7-6-8-10-17/h6-13,16H,4-5,14-15H2,1-3H3. The van der Waals surface area contributed by atoms with Gasteiger partial charge in [-0.2, -0.15) is 0 Å². The number of fused-ring (bicyclic) bond motifs is 1. The van der Waals surface area contributed by atoms with E-state index in [9.17, 15) is 9.59 Å². The van der Waals surface area contributed by atoms with E-state index in [0.29, 0.717) is 18.1 Å². The van der Waals surface area contributed by atoms with Crippen LogP contribution in [-0.2, 0) is 35.1 Å². The number of benzene rings is 1. The number of ether oxygens (including phenoxy) is 4. The predicted octanol–water partition coefficient (Wildman–Crippen LogP) is 3.83. The van der Waals surface area contributed by atoms with E-state index < -0.39 is 17.5 Å². The lowest BCUT2D eigenvalue weighted by atomic mass is 9.95. The normalized spacial score (nSPS) is 19.6. The van der Waals surface area contributed by atoms with Crippen molar-refractivity contribution in [2.45, 2.75) is 39.4 Å². The third kappa shape index (κ3) is 4.53. The van der Waals surface area contributed by atoms with E-state index in [1.54, 1.807) is 19.9 Å². The zero-order chi connectivity index (χ0) is 20.9. The van der Waals surface area contributed by atoms with Crippen molar-refractivity contribution in [2.24, 2.45) is 5.92 Å². The Bertz CT molecular complexity index is 831. The monoisotopic (exact) mass is 398 g/mol. The van der Waals surface area contributed by atoms with Crippen LogP contribution in [0.1, 0.15) is 32.8 Å². The lowest BCUT2D eigenvalue weighted by Crippen LogP contribution is -2.48. The van der Waals surface area contributed by atoms with Crippen LogP contribution >= 0.6 is 0 Å². The van der Waals surface area contributed by atoms with Crippen molar-refractivity contribution in [3.05, 3.63) is 71.2 Å². The van der Waals surface area contributed by atoms with E-state index in [1.807, 2.05) is 49.4 Å². The summed E-state index contributed by atoms with van der Waals surface area (Å²) in [5.41, 5.74) is -0.0181. The van der Waals surface area contributed by atoms with Gasteiger partial charge in [0.1, 0.15) is 18.1 Å². The molecule has 0 bridgehead atoms. The maximum absolute atomic E-state index is 12.6. The Balaban J connectivity index is 1.86. The number of hydrogen-bond donors (Lipinski definition) is 0.